The third kappa shape index (κ3) is 5.53. The molecule has 8 nitrogen and oxygen atoms in total. The summed E-state index contributed by atoms with van der Waals surface area (Å²) in [6.45, 7) is 4.97. The number of hydrogen-bond donors (Lipinski definition) is 2. The SMILES string of the molecule is Cc1cc(C)n(-c2nc(Nc3ccnc(C(F)(F)F)c3)nc(-c3cccc(C(F)(F)F)n3)n2)c1C(C)O. The van der Waals surface area contributed by atoms with Crippen LogP contribution in [0, 0.1) is 13.8 Å². The van der Waals surface area contributed by atoms with Crippen LogP contribution in [0.3, 0.4) is 0 Å². The number of halogens is 6. The molecule has 194 valence electrons. The van der Waals surface area contributed by atoms with Crippen molar-refractivity contribution >= 4 is 11.6 Å². The Morgan fingerprint density at radius 1 is 0.892 bits per heavy atom. The maximum Gasteiger partial charge on any atom is 0.433 e. The van der Waals surface area contributed by atoms with Gasteiger partial charge in [0.05, 0.1) is 11.8 Å². The number of nitrogens with one attached hydrogen (secondary N) is 1. The van der Waals surface area contributed by atoms with Crippen LogP contribution in [0.5, 0.6) is 0 Å². The summed E-state index contributed by atoms with van der Waals surface area (Å²) in [5.74, 6) is -0.620. The average molecular weight is 523 g/mol. The van der Waals surface area contributed by atoms with Crippen molar-refractivity contribution in [3.8, 4) is 17.5 Å². The largest absolute Gasteiger partial charge is 0.433 e. The monoisotopic (exact) mass is 523 g/mol. The van der Waals surface area contributed by atoms with Crippen LogP contribution in [0.25, 0.3) is 17.5 Å². The summed E-state index contributed by atoms with van der Waals surface area (Å²) in [6.07, 6.45) is -9.47. The minimum Gasteiger partial charge on any atom is -0.387 e. The lowest BCUT2D eigenvalue weighted by molar-refractivity contribution is -0.141. The fourth-order valence-corrected chi connectivity index (χ4v) is 3.74. The Kier molecular flexibility index (Phi) is 6.62. The zero-order chi connectivity index (χ0) is 27.1. The molecule has 0 bridgehead atoms. The van der Waals surface area contributed by atoms with E-state index in [1.807, 2.05) is 0 Å². The summed E-state index contributed by atoms with van der Waals surface area (Å²) in [5.41, 5.74) is -0.948. The van der Waals surface area contributed by atoms with Crippen molar-refractivity contribution in [1.82, 2.24) is 29.5 Å². The fourth-order valence-electron chi connectivity index (χ4n) is 3.74. The molecule has 0 aliphatic carbocycles. The molecule has 37 heavy (non-hydrogen) atoms. The molecule has 0 aliphatic heterocycles. The van der Waals surface area contributed by atoms with Gasteiger partial charge in [0.25, 0.3) is 0 Å². The Labute approximate surface area is 206 Å². The number of pyridine rings is 2. The minimum atomic E-state index is -4.73. The van der Waals surface area contributed by atoms with Gasteiger partial charge in [-0.2, -0.15) is 41.3 Å². The highest BCUT2D eigenvalue weighted by Gasteiger charge is 2.33. The lowest BCUT2D eigenvalue weighted by atomic mass is 10.2. The normalized spacial score (nSPS) is 13.0. The first-order chi connectivity index (χ1) is 17.2. The highest BCUT2D eigenvalue weighted by Crippen LogP contribution is 2.32. The molecule has 4 aromatic heterocycles. The molecular formula is C23H19F6N7O. The second kappa shape index (κ2) is 9.42. The Hall–Kier alpha value is -4.07. The van der Waals surface area contributed by atoms with Gasteiger partial charge in [-0.05, 0) is 56.7 Å². The van der Waals surface area contributed by atoms with Crippen molar-refractivity contribution < 1.29 is 31.4 Å². The molecule has 4 heterocycles. The number of aromatic nitrogens is 6. The molecule has 0 spiro atoms. The van der Waals surface area contributed by atoms with Crippen molar-refractivity contribution in [2.24, 2.45) is 0 Å². The molecule has 2 N–H and O–H groups in total. The second-order valence-corrected chi connectivity index (χ2v) is 8.11. The number of rotatable bonds is 5. The molecular weight excluding hydrogens is 504 g/mol. The molecule has 14 heteroatoms. The van der Waals surface area contributed by atoms with Gasteiger partial charge < -0.3 is 10.4 Å². The van der Waals surface area contributed by atoms with E-state index in [0.717, 1.165) is 24.4 Å². The quantitative estimate of drug-likeness (QED) is 0.330. The van der Waals surface area contributed by atoms with Crippen molar-refractivity contribution in [2.75, 3.05) is 5.32 Å². The van der Waals surface area contributed by atoms with E-state index in [4.69, 9.17) is 0 Å². The van der Waals surface area contributed by atoms with E-state index < -0.39 is 29.8 Å². The van der Waals surface area contributed by atoms with Crippen LogP contribution in [0.1, 0.15) is 41.4 Å². The maximum absolute atomic E-state index is 13.3. The van der Waals surface area contributed by atoms with E-state index in [2.05, 4.69) is 30.2 Å². The summed E-state index contributed by atoms with van der Waals surface area (Å²) >= 11 is 0. The summed E-state index contributed by atoms with van der Waals surface area (Å²) in [6, 6.07) is 6.90. The van der Waals surface area contributed by atoms with Crippen LogP contribution in [-0.4, -0.2) is 34.6 Å². The number of aliphatic hydroxyl groups is 1. The van der Waals surface area contributed by atoms with E-state index in [9.17, 15) is 31.4 Å². The fraction of sp³-hybridized carbons (Fsp3) is 0.261. The highest BCUT2D eigenvalue weighted by atomic mass is 19.4. The van der Waals surface area contributed by atoms with Gasteiger partial charge >= 0.3 is 12.4 Å². The highest BCUT2D eigenvalue weighted by molar-refractivity contribution is 5.58. The first-order valence-corrected chi connectivity index (χ1v) is 10.7. The van der Waals surface area contributed by atoms with Crippen LogP contribution < -0.4 is 5.32 Å². The second-order valence-electron chi connectivity index (χ2n) is 8.11. The smallest absolute Gasteiger partial charge is 0.387 e. The zero-order valence-electron chi connectivity index (χ0n) is 19.5. The van der Waals surface area contributed by atoms with Crippen molar-refractivity contribution in [3.63, 3.8) is 0 Å². The number of anilines is 2. The van der Waals surface area contributed by atoms with Gasteiger partial charge in [-0.1, -0.05) is 6.07 Å². The van der Waals surface area contributed by atoms with Crippen LogP contribution in [0.15, 0.2) is 42.6 Å². The molecule has 0 radical (unpaired) electrons. The van der Waals surface area contributed by atoms with E-state index in [1.165, 1.54) is 23.6 Å². The Bertz CT molecular complexity index is 1450. The molecule has 0 saturated carbocycles. The number of aryl methyl sites for hydroxylation is 2. The third-order valence-corrected chi connectivity index (χ3v) is 5.22. The first-order valence-electron chi connectivity index (χ1n) is 10.7. The average Bonchev–Trinajstić information content (AvgIpc) is 3.12. The van der Waals surface area contributed by atoms with Crippen LogP contribution in [0.2, 0.25) is 0 Å². The molecule has 4 aromatic rings. The standard InChI is InChI=1S/C23H19F6N7O/c1-11-9-12(2)36(18(11)13(3)37)21-34-19(15-5-4-6-16(32-15)22(24,25)26)33-20(35-21)31-14-7-8-30-17(10-14)23(27,28)29/h4-10,13,37H,1-3H3,(H,30,31,33,34,35). The van der Waals surface area contributed by atoms with Gasteiger partial charge in [0.15, 0.2) is 5.82 Å². The first kappa shape index (κ1) is 26.0. The molecule has 0 aliphatic rings. The van der Waals surface area contributed by atoms with Crippen LogP contribution >= 0.6 is 0 Å². The number of aliphatic hydroxyl groups excluding tert-OH is 1. The lowest BCUT2D eigenvalue weighted by Crippen LogP contribution is -2.14. The van der Waals surface area contributed by atoms with E-state index in [0.29, 0.717) is 17.0 Å². The number of nitrogens with zero attached hydrogens (tertiary/aromatic N) is 6. The molecule has 1 atom stereocenters. The predicted octanol–water partition coefficient (Wildman–Crippen LogP) is 5.57. The van der Waals surface area contributed by atoms with Gasteiger partial charge in [-0.25, -0.2) is 4.98 Å². The summed E-state index contributed by atoms with van der Waals surface area (Å²) in [5, 5.41) is 13.0. The van der Waals surface area contributed by atoms with E-state index in [-0.39, 0.29) is 29.1 Å². The van der Waals surface area contributed by atoms with Crippen molar-refractivity contribution in [1.29, 1.82) is 0 Å². The lowest BCUT2D eigenvalue weighted by Gasteiger charge is -2.16. The van der Waals surface area contributed by atoms with Gasteiger partial charge in [-0.15, -0.1) is 0 Å². The van der Waals surface area contributed by atoms with Crippen LogP contribution in [0.4, 0.5) is 38.0 Å². The molecule has 0 fully saturated rings. The Morgan fingerprint density at radius 2 is 1.59 bits per heavy atom. The van der Waals surface area contributed by atoms with Crippen molar-refractivity contribution in [3.05, 3.63) is 70.9 Å². The molecule has 0 aromatic carbocycles. The molecule has 0 amide bonds. The van der Waals surface area contributed by atoms with Crippen molar-refractivity contribution in [2.45, 2.75) is 39.2 Å². The summed E-state index contributed by atoms with van der Waals surface area (Å²) in [4.78, 5) is 19.6. The van der Waals surface area contributed by atoms with Gasteiger partial charge in [0, 0.05) is 17.6 Å². The maximum atomic E-state index is 13.3. The third-order valence-electron chi connectivity index (χ3n) is 5.22. The number of alkyl halides is 6. The Balaban J connectivity index is 1.90. The van der Waals surface area contributed by atoms with Gasteiger partial charge in [-0.3, -0.25) is 9.55 Å². The summed E-state index contributed by atoms with van der Waals surface area (Å²) < 4.78 is 80.6. The molecule has 0 saturated heterocycles. The minimum absolute atomic E-state index is 0.0708. The van der Waals surface area contributed by atoms with E-state index >= 15 is 0 Å². The molecule has 1 unspecified atom stereocenters. The zero-order valence-corrected chi connectivity index (χ0v) is 19.5. The van der Waals surface area contributed by atoms with E-state index in [1.54, 1.807) is 19.9 Å². The molecule has 4 rings (SSSR count). The van der Waals surface area contributed by atoms with Gasteiger partial charge in [0.2, 0.25) is 11.9 Å². The van der Waals surface area contributed by atoms with Gasteiger partial charge in [0.1, 0.15) is 17.1 Å². The number of hydrogen-bond acceptors (Lipinski definition) is 7. The predicted molar refractivity (Wildman–Crippen MR) is 120 cm³/mol. The van der Waals surface area contributed by atoms with Crippen LogP contribution in [-0.2, 0) is 12.4 Å². The topological polar surface area (TPSA) is 102 Å². The Morgan fingerprint density at radius 3 is 2.24 bits per heavy atom. The summed E-state index contributed by atoms with van der Waals surface area (Å²) in [7, 11) is 0.